The number of rotatable bonds is 59. The number of allylic oxidation sites excluding steroid dienone is 13. The van der Waals surface area contributed by atoms with Crippen LogP contribution in [-0.4, -0.2) is 74.3 Å². The van der Waals surface area contributed by atoms with E-state index in [1.54, 1.807) is 0 Å². The van der Waals surface area contributed by atoms with Crippen molar-refractivity contribution in [2.24, 2.45) is 0 Å². The lowest BCUT2D eigenvalue weighted by molar-refractivity contribution is -0.870. The van der Waals surface area contributed by atoms with Crippen molar-refractivity contribution in [3.8, 4) is 0 Å². The number of hydrogen-bond acceptors (Lipinski definition) is 6. The molecule has 0 aliphatic heterocycles. The first-order valence-electron chi connectivity index (χ1n) is 32.9. The summed E-state index contributed by atoms with van der Waals surface area (Å²) in [5.74, 6) is -0.551. The minimum absolute atomic E-state index is 0.0294. The molecule has 9 nitrogen and oxygen atoms in total. The molecule has 0 saturated heterocycles. The van der Waals surface area contributed by atoms with E-state index in [1.807, 2.05) is 33.3 Å². The molecule has 0 bridgehead atoms. The van der Waals surface area contributed by atoms with Crippen molar-refractivity contribution in [1.82, 2.24) is 5.32 Å². The quantitative estimate of drug-likeness (QED) is 0.0205. The second-order valence-corrected chi connectivity index (χ2v) is 24.7. The van der Waals surface area contributed by atoms with Gasteiger partial charge in [0.1, 0.15) is 19.3 Å². The Balaban J connectivity index is 5.21. The summed E-state index contributed by atoms with van der Waals surface area (Å²) in [4.78, 5) is 37.8. The molecule has 2 N–H and O–H groups in total. The number of carbonyl (C=O) groups excluding carboxylic acids is 2. The molecular formula is C69H126N2O7P+. The lowest BCUT2D eigenvalue weighted by Gasteiger charge is -2.27. The van der Waals surface area contributed by atoms with Gasteiger partial charge in [0.05, 0.1) is 33.8 Å². The van der Waals surface area contributed by atoms with Crippen LogP contribution in [0.2, 0.25) is 0 Å². The van der Waals surface area contributed by atoms with Crippen LogP contribution in [0, 0.1) is 0 Å². The summed E-state index contributed by atoms with van der Waals surface area (Å²) in [5.41, 5.74) is 0. The fourth-order valence-corrected chi connectivity index (χ4v) is 10.0. The Morgan fingerprint density at radius 2 is 0.810 bits per heavy atom. The van der Waals surface area contributed by atoms with Crippen LogP contribution < -0.4 is 5.32 Å². The topological polar surface area (TPSA) is 111 Å². The first-order chi connectivity index (χ1) is 38.4. The first-order valence-corrected chi connectivity index (χ1v) is 34.4. The van der Waals surface area contributed by atoms with Gasteiger partial charge in [0.15, 0.2) is 0 Å². The number of amides is 1. The predicted octanol–water partition coefficient (Wildman–Crippen LogP) is 20.6. The van der Waals surface area contributed by atoms with Gasteiger partial charge in [-0.05, 0) is 83.1 Å². The van der Waals surface area contributed by atoms with E-state index in [1.165, 1.54) is 161 Å². The van der Waals surface area contributed by atoms with Crippen LogP contribution in [0.3, 0.4) is 0 Å². The van der Waals surface area contributed by atoms with Crippen LogP contribution in [0.25, 0.3) is 0 Å². The molecule has 0 aromatic heterocycles. The molecule has 3 atom stereocenters. The van der Waals surface area contributed by atoms with Gasteiger partial charge in [0.2, 0.25) is 5.91 Å². The van der Waals surface area contributed by atoms with E-state index in [4.69, 9.17) is 13.8 Å². The van der Waals surface area contributed by atoms with Crippen LogP contribution in [0.1, 0.15) is 290 Å². The highest BCUT2D eigenvalue weighted by molar-refractivity contribution is 7.47. The van der Waals surface area contributed by atoms with E-state index < -0.39 is 20.0 Å². The number of phosphoric ester groups is 1. The average Bonchev–Trinajstić information content (AvgIpc) is 3.41. The lowest BCUT2D eigenvalue weighted by atomic mass is 10.0. The molecule has 3 unspecified atom stereocenters. The van der Waals surface area contributed by atoms with Crippen LogP contribution >= 0.6 is 7.82 Å². The summed E-state index contributed by atoms with van der Waals surface area (Å²) in [6.45, 7) is 6.88. The van der Waals surface area contributed by atoms with Crippen molar-refractivity contribution in [3.63, 3.8) is 0 Å². The minimum atomic E-state index is -4.46. The molecule has 0 aliphatic carbocycles. The monoisotopic (exact) mass is 1130 g/mol. The molecular weight excluding hydrogens is 1000 g/mol. The molecule has 458 valence electrons. The average molecular weight is 1130 g/mol. The maximum Gasteiger partial charge on any atom is 0.472 e. The Morgan fingerprint density at radius 1 is 0.456 bits per heavy atom. The largest absolute Gasteiger partial charge is 0.472 e. The zero-order valence-electron chi connectivity index (χ0n) is 52.3. The summed E-state index contributed by atoms with van der Waals surface area (Å²) in [7, 11) is 1.46. The number of likely N-dealkylation sites (N-methyl/N-ethyl adjacent to an activating group) is 1. The number of carbonyl (C=O) groups is 2. The fourth-order valence-electron chi connectivity index (χ4n) is 9.30. The Hall–Kier alpha value is -2.81. The Bertz CT molecular complexity index is 1630. The van der Waals surface area contributed by atoms with Gasteiger partial charge in [-0.2, -0.15) is 0 Å². The minimum Gasteiger partial charge on any atom is -0.456 e. The van der Waals surface area contributed by atoms with Gasteiger partial charge in [-0.25, -0.2) is 4.57 Å². The van der Waals surface area contributed by atoms with Gasteiger partial charge in [-0.3, -0.25) is 18.6 Å². The van der Waals surface area contributed by atoms with Crippen LogP contribution in [0.4, 0.5) is 0 Å². The van der Waals surface area contributed by atoms with Crippen molar-refractivity contribution in [3.05, 3.63) is 85.1 Å². The third kappa shape index (κ3) is 59.6. The molecule has 10 heteroatoms. The molecule has 1 amide bonds. The second-order valence-electron chi connectivity index (χ2n) is 23.3. The number of hydrogen-bond donors (Lipinski definition) is 2. The highest BCUT2D eigenvalue weighted by atomic mass is 31.2. The number of nitrogens with one attached hydrogen (secondary N) is 1. The summed E-state index contributed by atoms with van der Waals surface area (Å²) in [6, 6.07) is -0.874. The maximum absolute atomic E-state index is 13.5. The smallest absolute Gasteiger partial charge is 0.456 e. The summed E-state index contributed by atoms with van der Waals surface area (Å²) in [6.07, 6.45) is 77.4. The van der Waals surface area contributed by atoms with E-state index in [0.29, 0.717) is 17.4 Å². The van der Waals surface area contributed by atoms with Gasteiger partial charge in [-0.1, -0.05) is 280 Å². The molecule has 0 fully saturated rings. The molecule has 0 aliphatic rings. The summed E-state index contributed by atoms with van der Waals surface area (Å²) < 4.78 is 30.7. The van der Waals surface area contributed by atoms with Crippen LogP contribution in [0.5, 0.6) is 0 Å². The van der Waals surface area contributed by atoms with E-state index in [-0.39, 0.29) is 37.9 Å². The normalized spacial score (nSPS) is 14.2. The Kier molecular flexibility index (Phi) is 56.3. The molecule has 0 rings (SSSR count). The predicted molar refractivity (Wildman–Crippen MR) is 341 cm³/mol. The van der Waals surface area contributed by atoms with Crippen molar-refractivity contribution in [2.75, 3.05) is 40.9 Å². The van der Waals surface area contributed by atoms with Gasteiger partial charge >= 0.3 is 13.8 Å². The maximum atomic E-state index is 13.5. The van der Waals surface area contributed by atoms with Crippen molar-refractivity contribution in [2.45, 2.75) is 303 Å². The number of esters is 1. The highest BCUT2D eigenvalue weighted by Gasteiger charge is 2.30. The van der Waals surface area contributed by atoms with Crippen LogP contribution in [0.15, 0.2) is 85.1 Å². The molecule has 0 aromatic rings. The van der Waals surface area contributed by atoms with Gasteiger partial charge in [0, 0.05) is 12.8 Å². The molecule has 0 spiro atoms. The van der Waals surface area contributed by atoms with Crippen molar-refractivity contribution >= 4 is 19.7 Å². The van der Waals surface area contributed by atoms with Crippen molar-refractivity contribution < 1.29 is 37.3 Å². The van der Waals surface area contributed by atoms with Gasteiger partial charge in [-0.15, -0.1) is 0 Å². The number of phosphoric acid groups is 1. The molecule has 79 heavy (non-hydrogen) atoms. The molecule has 0 heterocycles. The zero-order valence-corrected chi connectivity index (χ0v) is 53.2. The Morgan fingerprint density at radius 3 is 1.23 bits per heavy atom. The first kappa shape index (κ1) is 76.2. The highest BCUT2D eigenvalue weighted by Crippen LogP contribution is 2.43. The molecule has 0 saturated carbocycles. The van der Waals surface area contributed by atoms with E-state index >= 15 is 0 Å². The number of quaternary nitrogens is 1. The number of ether oxygens (including phenoxy) is 1. The van der Waals surface area contributed by atoms with Gasteiger partial charge < -0.3 is 19.4 Å². The van der Waals surface area contributed by atoms with Crippen LogP contribution in [-0.2, 0) is 27.9 Å². The summed E-state index contributed by atoms with van der Waals surface area (Å²) >= 11 is 0. The second kappa shape index (κ2) is 58.4. The lowest BCUT2D eigenvalue weighted by Crippen LogP contribution is -2.47. The summed E-state index contributed by atoms with van der Waals surface area (Å²) in [5, 5.41) is 3.03. The third-order valence-corrected chi connectivity index (χ3v) is 15.3. The third-order valence-electron chi connectivity index (χ3n) is 14.3. The standard InChI is InChI=1S/C69H125N2O7P/c1-7-10-13-16-19-22-25-27-29-31-33-35-37-39-41-43-46-49-52-55-58-61-68(72)70-66(65-77-79(74,75)76-64-63-71(4,5)6)67(60-57-54-51-48-45-24-21-18-15-12-9-3)78-69(73)62-59-56-53-50-47-44-42-40-38-36-34-32-30-28-26-23-20-17-14-11-8-2/h10,13,19,22,27,29,33,35,39,41,46,49,57,60,66-67H,7-9,11-12,14-18,20-21,23-26,28,30-32,34,36-38,40,42-45,47-48,50-56,58-59,61-65H2,1-6H3,(H-,70,72,74,75)/p+1/b13-10-,22-19-,29-27-,35-33-,41-39-,49-46-,60-57+. The number of unbranched alkanes of at least 4 members (excludes halogenated alkanes) is 31. The molecule has 0 aromatic carbocycles. The Labute approximate surface area is 488 Å². The zero-order chi connectivity index (χ0) is 57.9. The van der Waals surface area contributed by atoms with E-state index in [2.05, 4.69) is 99.0 Å². The molecule has 0 radical (unpaired) electrons. The van der Waals surface area contributed by atoms with Gasteiger partial charge in [0.25, 0.3) is 0 Å². The van der Waals surface area contributed by atoms with E-state index in [0.717, 1.165) is 89.9 Å². The SMILES string of the molecule is CC/C=C\C/C=C\C/C=C\C/C=C\C/C=C\C/C=C\CCCCC(=O)NC(COP(=O)(O)OCC[N+](C)(C)C)C(/C=C/CCCCCCCCCCC)OC(=O)CCCCCCCCCCCCCCCCCCCCCCC. The van der Waals surface area contributed by atoms with Crippen molar-refractivity contribution in [1.29, 1.82) is 0 Å². The fraction of sp³-hybridized carbons (Fsp3) is 0.768. The number of nitrogens with zero attached hydrogens (tertiary/aromatic N) is 1. The van der Waals surface area contributed by atoms with E-state index in [9.17, 15) is 19.0 Å².